The molecule has 152 valence electrons. The van der Waals surface area contributed by atoms with Gasteiger partial charge in [0.15, 0.2) is 0 Å². The van der Waals surface area contributed by atoms with E-state index in [-0.39, 0.29) is 24.5 Å². The molecule has 0 aliphatic carbocycles. The summed E-state index contributed by atoms with van der Waals surface area (Å²) in [5.41, 5.74) is 0.738. The third-order valence-corrected chi connectivity index (χ3v) is 6.77. The fourth-order valence-electron chi connectivity index (χ4n) is 2.63. The van der Waals surface area contributed by atoms with Crippen molar-refractivity contribution >= 4 is 7.92 Å². The van der Waals surface area contributed by atoms with Crippen LogP contribution in [0.3, 0.4) is 0 Å². The van der Waals surface area contributed by atoms with Gasteiger partial charge in [-0.15, -0.1) is 7.92 Å². The minimum absolute atomic E-state index is 0.177. The van der Waals surface area contributed by atoms with Crippen LogP contribution in [0.2, 0.25) is 0 Å². The average molecular weight is 374 g/mol. The normalized spacial score (nSPS) is 13.7. The molecule has 0 saturated carbocycles. The summed E-state index contributed by atoms with van der Waals surface area (Å²) in [6.45, 7) is 23.8. The maximum Gasteiger partial charge on any atom is 0.00965 e. The molecule has 0 bridgehead atoms. The highest BCUT2D eigenvalue weighted by molar-refractivity contribution is 7.57. The summed E-state index contributed by atoms with van der Waals surface area (Å²) in [5.74, 6) is 0. The molecule has 0 saturated heterocycles. The number of nitrogens with one attached hydrogen (secondary N) is 3. The molecule has 4 heteroatoms. The molecule has 0 atom stereocenters. The standard InChI is InChI=1S/C21H48N3P/c1-19(2,3)22-13-10-16-25(17-11-14-23-20(4,5)6)18-12-15-24-21(7,8)9/h22-24H,10-18H2,1-9H3. The van der Waals surface area contributed by atoms with Crippen molar-refractivity contribution in [3.63, 3.8) is 0 Å². The summed E-state index contributed by atoms with van der Waals surface area (Å²) in [7, 11) is 0.177. The molecule has 0 rings (SSSR count). The first-order valence-electron chi connectivity index (χ1n) is 10.3. The van der Waals surface area contributed by atoms with Crippen molar-refractivity contribution in [3.05, 3.63) is 0 Å². The van der Waals surface area contributed by atoms with Gasteiger partial charge in [0.05, 0.1) is 0 Å². The van der Waals surface area contributed by atoms with E-state index < -0.39 is 0 Å². The van der Waals surface area contributed by atoms with Gasteiger partial charge in [-0.3, -0.25) is 0 Å². The van der Waals surface area contributed by atoms with E-state index >= 15 is 0 Å². The molecular formula is C21H48N3P. The summed E-state index contributed by atoms with van der Waals surface area (Å²) in [6, 6.07) is 0. The molecule has 0 fully saturated rings. The van der Waals surface area contributed by atoms with Crippen LogP contribution in [0.15, 0.2) is 0 Å². The molecular weight excluding hydrogens is 325 g/mol. The Morgan fingerprint density at radius 3 is 0.920 bits per heavy atom. The van der Waals surface area contributed by atoms with Gasteiger partial charge in [0.25, 0.3) is 0 Å². The van der Waals surface area contributed by atoms with Gasteiger partial charge in [-0.2, -0.15) is 0 Å². The second kappa shape index (κ2) is 11.9. The van der Waals surface area contributed by atoms with Crippen LogP contribution in [-0.4, -0.2) is 54.7 Å². The van der Waals surface area contributed by atoms with Crippen LogP contribution in [0.4, 0.5) is 0 Å². The first kappa shape index (κ1) is 25.3. The molecule has 0 aliphatic heterocycles. The zero-order valence-corrected chi connectivity index (χ0v) is 19.7. The van der Waals surface area contributed by atoms with Crippen LogP contribution in [0.1, 0.15) is 81.6 Å². The molecule has 0 aromatic carbocycles. The molecule has 0 aromatic heterocycles. The van der Waals surface area contributed by atoms with Gasteiger partial charge in [0.2, 0.25) is 0 Å². The van der Waals surface area contributed by atoms with Crippen LogP contribution < -0.4 is 16.0 Å². The number of hydrogen-bond donors (Lipinski definition) is 3. The highest BCUT2D eigenvalue weighted by Gasteiger charge is 2.13. The SMILES string of the molecule is CC(C)(C)NCCCP(CCCNC(C)(C)C)CCCNC(C)(C)C. The van der Waals surface area contributed by atoms with E-state index in [0.29, 0.717) is 0 Å². The van der Waals surface area contributed by atoms with Gasteiger partial charge in [-0.25, -0.2) is 0 Å². The Hall–Kier alpha value is 0.310. The minimum atomic E-state index is 0.177. The Morgan fingerprint density at radius 2 is 0.720 bits per heavy atom. The van der Waals surface area contributed by atoms with Gasteiger partial charge in [-0.05, 0) is 120 Å². The van der Waals surface area contributed by atoms with Gasteiger partial charge in [0, 0.05) is 16.6 Å². The predicted molar refractivity (Wildman–Crippen MR) is 119 cm³/mol. The molecule has 0 amide bonds. The maximum absolute atomic E-state index is 3.64. The molecule has 0 spiro atoms. The van der Waals surface area contributed by atoms with Crippen molar-refractivity contribution in [1.29, 1.82) is 0 Å². The number of hydrogen-bond acceptors (Lipinski definition) is 3. The lowest BCUT2D eigenvalue weighted by molar-refractivity contribution is 0.425. The first-order chi connectivity index (χ1) is 11.3. The van der Waals surface area contributed by atoms with Gasteiger partial charge in [0.1, 0.15) is 0 Å². The van der Waals surface area contributed by atoms with Crippen LogP contribution in [0.25, 0.3) is 0 Å². The molecule has 0 aromatic rings. The number of rotatable bonds is 12. The third-order valence-electron chi connectivity index (χ3n) is 3.92. The Balaban J connectivity index is 4.12. The summed E-state index contributed by atoms with van der Waals surface area (Å²) >= 11 is 0. The largest absolute Gasteiger partial charge is 0.312 e. The van der Waals surface area contributed by atoms with Crippen molar-refractivity contribution in [2.75, 3.05) is 38.1 Å². The van der Waals surface area contributed by atoms with Crippen LogP contribution >= 0.6 is 7.92 Å². The zero-order chi connectivity index (χ0) is 19.6. The highest BCUT2D eigenvalue weighted by Crippen LogP contribution is 2.37. The van der Waals surface area contributed by atoms with Gasteiger partial charge in [-0.1, -0.05) is 0 Å². The Labute approximate surface area is 160 Å². The molecule has 0 aliphatic rings. The summed E-state index contributed by atoms with van der Waals surface area (Å²) < 4.78 is 0. The first-order valence-corrected chi connectivity index (χ1v) is 12.2. The Kier molecular flexibility index (Phi) is 12.1. The fourth-order valence-corrected chi connectivity index (χ4v) is 5.12. The average Bonchev–Trinajstić information content (AvgIpc) is 2.40. The second-order valence-electron chi connectivity index (χ2n) is 10.4. The van der Waals surface area contributed by atoms with Crippen molar-refractivity contribution < 1.29 is 0 Å². The lowest BCUT2D eigenvalue weighted by Crippen LogP contribution is -2.37. The Morgan fingerprint density at radius 1 is 0.480 bits per heavy atom. The predicted octanol–water partition coefficient (Wildman–Crippen LogP) is 4.80. The van der Waals surface area contributed by atoms with Crippen molar-refractivity contribution in [2.24, 2.45) is 0 Å². The van der Waals surface area contributed by atoms with Crippen molar-refractivity contribution in [1.82, 2.24) is 16.0 Å². The van der Waals surface area contributed by atoms with Gasteiger partial charge < -0.3 is 16.0 Å². The van der Waals surface area contributed by atoms with E-state index in [0.717, 1.165) is 19.6 Å². The van der Waals surface area contributed by atoms with E-state index in [1.165, 1.54) is 37.7 Å². The molecule has 3 nitrogen and oxygen atoms in total. The van der Waals surface area contributed by atoms with Crippen molar-refractivity contribution in [2.45, 2.75) is 98.2 Å². The summed E-state index contributed by atoms with van der Waals surface area (Å²) in [4.78, 5) is 0. The lowest BCUT2D eigenvalue weighted by atomic mass is 10.1. The zero-order valence-electron chi connectivity index (χ0n) is 18.8. The second-order valence-corrected chi connectivity index (χ2v) is 13.1. The summed E-state index contributed by atoms with van der Waals surface area (Å²) in [6.07, 6.45) is 8.23. The van der Waals surface area contributed by atoms with E-state index in [2.05, 4.69) is 78.3 Å². The topological polar surface area (TPSA) is 36.1 Å². The quantitative estimate of drug-likeness (QED) is 0.340. The smallest absolute Gasteiger partial charge is 0.00965 e. The molecule has 0 heterocycles. The molecule has 0 unspecified atom stereocenters. The van der Waals surface area contributed by atoms with Crippen molar-refractivity contribution in [3.8, 4) is 0 Å². The Bertz CT molecular complexity index is 271. The van der Waals surface area contributed by atoms with Gasteiger partial charge >= 0.3 is 0 Å². The maximum atomic E-state index is 3.64. The van der Waals surface area contributed by atoms with E-state index in [1.807, 2.05) is 0 Å². The van der Waals surface area contributed by atoms with Crippen LogP contribution in [0.5, 0.6) is 0 Å². The lowest BCUT2D eigenvalue weighted by Gasteiger charge is -2.25. The molecule has 3 N–H and O–H groups in total. The molecule has 0 radical (unpaired) electrons. The monoisotopic (exact) mass is 373 g/mol. The van der Waals surface area contributed by atoms with Crippen LogP contribution in [0, 0.1) is 0 Å². The third kappa shape index (κ3) is 20.5. The highest BCUT2D eigenvalue weighted by atomic mass is 31.1. The van der Waals surface area contributed by atoms with Crippen LogP contribution in [-0.2, 0) is 0 Å². The van der Waals surface area contributed by atoms with E-state index in [4.69, 9.17) is 0 Å². The summed E-state index contributed by atoms with van der Waals surface area (Å²) in [5, 5.41) is 10.9. The molecule has 25 heavy (non-hydrogen) atoms. The van der Waals surface area contributed by atoms with E-state index in [9.17, 15) is 0 Å². The van der Waals surface area contributed by atoms with E-state index in [1.54, 1.807) is 0 Å². The fraction of sp³-hybridized carbons (Fsp3) is 1.00. The minimum Gasteiger partial charge on any atom is -0.312 e.